The van der Waals surface area contributed by atoms with Crippen molar-refractivity contribution in [3.8, 4) is 22.4 Å². The van der Waals surface area contributed by atoms with Gasteiger partial charge in [0.2, 0.25) is 5.95 Å². The average Bonchev–Trinajstić information content (AvgIpc) is 3.07. The molecule has 1 aliphatic rings. The minimum atomic E-state index is 0.162. The third-order valence-electron chi connectivity index (χ3n) is 4.68. The first-order valence-electron chi connectivity index (χ1n) is 8.99. The number of aromatic nitrogens is 2. The van der Waals surface area contributed by atoms with Crippen LogP contribution < -0.4 is 4.90 Å². The first-order chi connectivity index (χ1) is 12.6. The molecule has 0 aliphatic carbocycles. The van der Waals surface area contributed by atoms with Crippen LogP contribution >= 0.6 is 0 Å². The molecule has 3 heterocycles. The van der Waals surface area contributed by atoms with Gasteiger partial charge in [0.1, 0.15) is 5.76 Å². The van der Waals surface area contributed by atoms with Gasteiger partial charge in [0, 0.05) is 30.4 Å². The fourth-order valence-corrected chi connectivity index (χ4v) is 3.53. The number of hydrogen-bond acceptors (Lipinski definition) is 5. The van der Waals surface area contributed by atoms with Gasteiger partial charge in [0.05, 0.1) is 24.2 Å². The number of ether oxygens (including phenoxy) is 1. The fourth-order valence-electron chi connectivity index (χ4n) is 3.53. The minimum absolute atomic E-state index is 0.162. The average molecular weight is 349 g/mol. The first-order valence-corrected chi connectivity index (χ1v) is 8.99. The third kappa shape index (κ3) is 3.22. The van der Waals surface area contributed by atoms with Crippen molar-refractivity contribution < 1.29 is 9.15 Å². The number of aryl methyl sites for hydroxylation is 1. The predicted molar refractivity (Wildman–Crippen MR) is 102 cm³/mol. The molecule has 134 valence electrons. The molecule has 1 saturated heterocycles. The van der Waals surface area contributed by atoms with Gasteiger partial charge in [-0.25, -0.2) is 9.97 Å². The van der Waals surface area contributed by atoms with Crippen molar-refractivity contribution in [3.05, 3.63) is 54.6 Å². The lowest BCUT2D eigenvalue weighted by Crippen LogP contribution is -2.46. The van der Waals surface area contributed by atoms with Crippen molar-refractivity contribution in [2.75, 3.05) is 18.0 Å². The van der Waals surface area contributed by atoms with E-state index in [2.05, 4.69) is 35.9 Å². The van der Waals surface area contributed by atoms with E-state index >= 15 is 0 Å². The molecule has 5 nitrogen and oxygen atoms in total. The second kappa shape index (κ2) is 6.92. The Balaban J connectivity index is 1.81. The van der Waals surface area contributed by atoms with Gasteiger partial charge >= 0.3 is 0 Å². The predicted octanol–water partition coefficient (Wildman–Crippen LogP) is 4.33. The molecule has 2 aromatic heterocycles. The summed E-state index contributed by atoms with van der Waals surface area (Å²) in [5, 5.41) is 0. The molecule has 1 aromatic carbocycles. The molecule has 0 spiro atoms. The normalized spacial score (nSPS) is 20.3. The van der Waals surface area contributed by atoms with E-state index in [0.29, 0.717) is 0 Å². The Morgan fingerprint density at radius 1 is 1.00 bits per heavy atom. The molecule has 4 rings (SSSR count). The van der Waals surface area contributed by atoms with Crippen LogP contribution in [0.2, 0.25) is 0 Å². The van der Waals surface area contributed by atoms with Crippen LogP contribution in [0.4, 0.5) is 5.95 Å². The van der Waals surface area contributed by atoms with Gasteiger partial charge in [-0.2, -0.15) is 0 Å². The van der Waals surface area contributed by atoms with Crippen LogP contribution in [0.15, 0.2) is 53.3 Å². The maximum Gasteiger partial charge on any atom is 0.226 e. The Labute approximate surface area is 153 Å². The summed E-state index contributed by atoms with van der Waals surface area (Å²) in [4.78, 5) is 11.8. The number of nitrogens with zero attached hydrogens (tertiary/aromatic N) is 3. The van der Waals surface area contributed by atoms with Crippen molar-refractivity contribution in [2.45, 2.75) is 33.0 Å². The zero-order chi connectivity index (χ0) is 18.1. The summed E-state index contributed by atoms with van der Waals surface area (Å²) in [7, 11) is 0. The molecule has 0 radical (unpaired) electrons. The van der Waals surface area contributed by atoms with Crippen molar-refractivity contribution in [1.29, 1.82) is 0 Å². The quantitative estimate of drug-likeness (QED) is 0.704. The topological polar surface area (TPSA) is 51.4 Å². The summed E-state index contributed by atoms with van der Waals surface area (Å²) in [5.74, 6) is 1.60. The maximum absolute atomic E-state index is 5.84. The monoisotopic (exact) mass is 349 g/mol. The maximum atomic E-state index is 5.84. The zero-order valence-electron chi connectivity index (χ0n) is 15.3. The van der Waals surface area contributed by atoms with Crippen molar-refractivity contribution >= 4 is 5.95 Å². The highest BCUT2D eigenvalue weighted by molar-refractivity contribution is 5.81. The summed E-state index contributed by atoms with van der Waals surface area (Å²) in [6.07, 6.45) is 3.95. The molecule has 26 heavy (non-hydrogen) atoms. The van der Waals surface area contributed by atoms with E-state index in [1.54, 1.807) is 6.26 Å². The highest BCUT2D eigenvalue weighted by Crippen LogP contribution is 2.34. The van der Waals surface area contributed by atoms with Crippen LogP contribution in [0.1, 0.15) is 19.6 Å². The summed E-state index contributed by atoms with van der Waals surface area (Å²) in [6, 6.07) is 12.2. The van der Waals surface area contributed by atoms with E-state index in [0.717, 1.165) is 47.2 Å². The second-order valence-electron chi connectivity index (χ2n) is 6.85. The van der Waals surface area contributed by atoms with E-state index in [4.69, 9.17) is 14.1 Å². The molecule has 0 amide bonds. The Morgan fingerprint density at radius 3 is 2.38 bits per heavy atom. The molecule has 0 N–H and O–H groups in total. The molecular formula is C21H23N3O2. The van der Waals surface area contributed by atoms with Crippen LogP contribution in [0.25, 0.3) is 22.4 Å². The van der Waals surface area contributed by atoms with Crippen LogP contribution in [0.3, 0.4) is 0 Å². The van der Waals surface area contributed by atoms with E-state index in [1.165, 1.54) is 0 Å². The standard InChI is InChI=1S/C21H23N3O2/c1-14-12-24(13-15(2)26-14)21-22-11-19(17-7-5-4-6-8-17)20(23-21)18-9-10-25-16(18)3/h4-11,14-15H,12-13H2,1-3H3. The molecule has 1 aliphatic heterocycles. The summed E-state index contributed by atoms with van der Waals surface area (Å²) >= 11 is 0. The Hall–Kier alpha value is -2.66. The van der Waals surface area contributed by atoms with Gasteiger partial charge in [-0.05, 0) is 32.4 Å². The van der Waals surface area contributed by atoms with Crippen LogP contribution in [0, 0.1) is 6.92 Å². The molecule has 2 atom stereocenters. The van der Waals surface area contributed by atoms with E-state index in [9.17, 15) is 0 Å². The second-order valence-corrected chi connectivity index (χ2v) is 6.85. The SMILES string of the molecule is Cc1occc1-c1nc(N2CC(C)OC(C)C2)ncc1-c1ccccc1. The number of anilines is 1. The van der Waals surface area contributed by atoms with E-state index in [1.807, 2.05) is 37.4 Å². The van der Waals surface area contributed by atoms with Crippen LogP contribution in [-0.4, -0.2) is 35.3 Å². The zero-order valence-corrected chi connectivity index (χ0v) is 15.3. The van der Waals surface area contributed by atoms with Gasteiger partial charge in [0.15, 0.2) is 0 Å². The Kier molecular flexibility index (Phi) is 4.47. The van der Waals surface area contributed by atoms with Crippen LogP contribution in [0.5, 0.6) is 0 Å². The Bertz CT molecular complexity index is 881. The van der Waals surface area contributed by atoms with Gasteiger partial charge in [0.25, 0.3) is 0 Å². The van der Waals surface area contributed by atoms with Gasteiger partial charge < -0.3 is 14.1 Å². The van der Waals surface area contributed by atoms with Gasteiger partial charge in [-0.15, -0.1) is 0 Å². The third-order valence-corrected chi connectivity index (χ3v) is 4.68. The molecule has 0 bridgehead atoms. The number of morpholine rings is 1. The summed E-state index contributed by atoms with van der Waals surface area (Å²) < 4.78 is 11.4. The fraction of sp³-hybridized carbons (Fsp3) is 0.333. The molecule has 1 fully saturated rings. The lowest BCUT2D eigenvalue weighted by atomic mass is 10.0. The first kappa shape index (κ1) is 16.8. The molecule has 0 saturated carbocycles. The lowest BCUT2D eigenvalue weighted by Gasteiger charge is -2.35. The molecule has 5 heteroatoms. The smallest absolute Gasteiger partial charge is 0.226 e. The molecular weight excluding hydrogens is 326 g/mol. The van der Waals surface area contributed by atoms with Crippen LogP contribution in [-0.2, 0) is 4.74 Å². The highest BCUT2D eigenvalue weighted by Gasteiger charge is 2.25. The number of furan rings is 1. The van der Waals surface area contributed by atoms with Crippen molar-refractivity contribution in [3.63, 3.8) is 0 Å². The number of hydrogen-bond donors (Lipinski definition) is 0. The Morgan fingerprint density at radius 2 is 1.73 bits per heavy atom. The van der Waals surface area contributed by atoms with Crippen molar-refractivity contribution in [2.24, 2.45) is 0 Å². The molecule has 3 aromatic rings. The van der Waals surface area contributed by atoms with Gasteiger partial charge in [-0.3, -0.25) is 0 Å². The number of rotatable bonds is 3. The highest BCUT2D eigenvalue weighted by atomic mass is 16.5. The van der Waals surface area contributed by atoms with Crippen molar-refractivity contribution in [1.82, 2.24) is 9.97 Å². The van der Waals surface area contributed by atoms with E-state index in [-0.39, 0.29) is 12.2 Å². The summed E-state index contributed by atoms with van der Waals surface area (Å²) in [6.45, 7) is 7.71. The molecule has 2 unspecified atom stereocenters. The minimum Gasteiger partial charge on any atom is -0.469 e. The number of benzene rings is 1. The van der Waals surface area contributed by atoms with E-state index < -0.39 is 0 Å². The summed E-state index contributed by atoms with van der Waals surface area (Å²) in [5.41, 5.74) is 4.01. The van der Waals surface area contributed by atoms with Gasteiger partial charge in [-0.1, -0.05) is 30.3 Å². The largest absolute Gasteiger partial charge is 0.469 e. The lowest BCUT2D eigenvalue weighted by molar-refractivity contribution is -0.00571.